The largest absolute Gasteiger partial charge is 0.421 e. The van der Waals surface area contributed by atoms with E-state index in [0.29, 0.717) is 24.5 Å². The molecule has 0 heterocycles. The van der Waals surface area contributed by atoms with E-state index in [1.807, 2.05) is 0 Å². The SMILES string of the molecule is CC1CC(C#N)=CC(C2CC2)=C1S(=O)(=O)c1ccc([C@@](C)(O)C(F)(F)F)cc1. The van der Waals surface area contributed by atoms with Gasteiger partial charge in [-0.05, 0) is 67.4 Å². The summed E-state index contributed by atoms with van der Waals surface area (Å²) in [5.74, 6) is -0.292. The summed E-state index contributed by atoms with van der Waals surface area (Å²) in [6.07, 6.45) is -1.23. The lowest BCUT2D eigenvalue weighted by molar-refractivity contribution is -0.258. The zero-order valence-electron chi connectivity index (χ0n) is 15.4. The summed E-state index contributed by atoms with van der Waals surface area (Å²) in [6, 6.07) is 6.26. The Hall–Kier alpha value is -2.11. The zero-order valence-corrected chi connectivity index (χ0v) is 16.2. The molecule has 2 aliphatic carbocycles. The van der Waals surface area contributed by atoms with Crippen molar-refractivity contribution in [2.45, 2.75) is 49.8 Å². The molecule has 0 aromatic heterocycles. The third-order valence-corrected chi connectivity index (χ3v) is 7.43. The number of rotatable bonds is 4. The lowest BCUT2D eigenvalue weighted by atomic mass is 9.90. The fourth-order valence-corrected chi connectivity index (χ4v) is 5.38. The molecular weight excluding hydrogens is 391 g/mol. The topological polar surface area (TPSA) is 78.2 Å². The number of sulfone groups is 1. The average Bonchev–Trinajstić information content (AvgIpc) is 3.45. The number of halogens is 3. The highest BCUT2D eigenvalue weighted by Gasteiger charge is 2.51. The van der Waals surface area contributed by atoms with E-state index in [2.05, 4.69) is 6.07 Å². The van der Waals surface area contributed by atoms with E-state index in [4.69, 9.17) is 0 Å². The van der Waals surface area contributed by atoms with Gasteiger partial charge >= 0.3 is 6.18 Å². The Kier molecular flexibility index (Phi) is 4.97. The molecular formula is C20H20F3NO3S. The summed E-state index contributed by atoms with van der Waals surface area (Å²) in [7, 11) is -3.93. The van der Waals surface area contributed by atoms with E-state index in [-0.39, 0.29) is 15.7 Å². The van der Waals surface area contributed by atoms with Gasteiger partial charge in [-0.15, -0.1) is 0 Å². The monoisotopic (exact) mass is 411 g/mol. The van der Waals surface area contributed by atoms with Gasteiger partial charge < -0.3 is 5.11 Å². The Morgan fingerprint density at radius 2 is 1.75 bits per heavy atom. The molecule has 0 aliphatic heterocycles. The number of nitrogens with zero attached hydrogens (tertiary/aromatic N) is 1. The minimum atomic E-state index is -4.88. The molecule has 0 spiro atoms. The van der Waals surface area contributed by atoms with Gasteiger partial charge in [0.15, 0.2) is 5.60 Å². The maximum Gasteiger partial charge on any atom is 0.421 e. The summed E-state index contributed by atoms with van der Waals surface area (Å²) in [4.78, 5) is 0.118. The number of aliphatic hydroxyl groups is 1. The van der Waals surface area contributed by atoms with Crippen molar-refractivity contribution in [3.05, 3.63) is 52.0 Å². The van der Waals surface area contributed by atoms with Gasteiger partial charge in [0.05, 0.1) is 15.9 Å². The standard InChI is InChI=1S/C20H20F3NO3S/c1-12-9-13(11-24)10-17(14-3-4-14)18(12)28(26,27)16-7-5-15(6-8-16)19(2,25)20(21,22)23/h5-8,10,12,14,25H,3-4,9H2,1-2H3/t12?,19-/m1/s1. The van der Waals surface area contributed by atoms with E-state index < -0.39 is 33.1 Å². The number of hydrogen-bond acceptors (Lipinski definition) is 4. The number of alkyl halides is 3. The minimum absolute atomic E-state index is 0.0983. The van der Waals surface area contributed by atoms with E-state index in [9.17, 15) is 32.0 Å². The molecule has 0 saturated heterocycles. The number of allylic oxidation sites excluding steroid dienone is 4. The predicted octanol–water partition coefficient (Wildman–Crippen LogP) is 4.38. The molecule has 0 amide bonds. The summed E-state index contributed by atoms with van der Waals surface area (Å²) in [5.41, 5.74) is -2.33. The van der Waals surface area contributed by atoms with Crippen molar-refractivity contribution in [3.63, 3.8) is 0 Å². The zero-order chi connectivity index (χ0) is 20.9. The summed E-state index contributed by atoms with van der Waals surface area (Å²) in [5, 5.41) is 19.0. The Balaban J connectivity index is 2.06. The van der Waals surface area contributed by atoms with Crippen LogP contribution in [0.25, 0.3) is 0 Å². The second-order valence-corrected chi connectivity index (χ2v) is 9.50. The van der Waals surface area contributed by atoms with Gasteiger partial charge in [0.25, 0.3) is 0 Å². The van der Waals surface area contributed by atoms with Gasteiger partial charge in [-0.3, -0.25) is 0 Å². The molecule has 0 bridgehead atoms. The van der Waals surface area contributed by atoms with Crippen molar-refractivity contribution in [1.29, 1.82) is 5.26 Å². The fourth-order valence-electron chi connectivity index (χ4n) is 3.49. The van der Waals surface area contributed by atoms with E-state index in [0.717, 1.165) is 37.1 Å². The van der Waals surface area contributed by atoms with Crippen molar-refractivity contribution in [3.8, 4) is 6.07 Å². The number of hydrogen-bond donors (Lipinski definition) is 1. The maximum absolute atomic E-state index is 13.2. The molecule has 1 fully saturated rings. The van der Waals surface area contributed by atoms with E-state index in [1.165, 1.54) is 0 Å². The summed E-state index contributed by atoms with van der Waals surface area (Å²) < 4.78 is 65.5. The van der Waals surface area contributed by atoms with E-state index in [1.54, 1.807) is 13.0 Å². The average molecular weight is 411 g/mol. The van der Waals surface area contributed by atoms with Crippen LogP contribution in [-0.4, -0.2) is 19.7 Å². The Morgan fingerprint density at radius 3 is 2.21 bits per heavy atom. The lowest BCUT2D eigenvalue weighted by Crippen LogP contribution is -2.39. The molecule has 1 unspecified atom stereocenters. The van der Waals surface area contributed by atoms with Crippen molar-refractivity contribution < 1.29 is 26.7 Å². The first-order chi connectivity index (χ1) is 12.9. The van der Waals surface area contributed by atoms with Crippen molar-refractivity contribution in [2.24, 2.45) is 11.8 Å². The van der Waals surface area contributed by atoms with E-state index >= 15 is 0 Å². The van der Waals surface area contributed by atoms with Gasteiger partial charge in [-0.2, -0.15) is 18.4 Å². The molecule has 1 aromatic carbocycles. The highest BCUT2D eigenvalue weighted by Crippen LogP contribution is 2.47. The van der Waals surface area contributed by atoms with Gasteiger partial charge in [-0.25, -0.2) is 8.42 Å². The van der Waals surface area contributed by atoms with Gasteiger partial charge in [-0.1, -0.05) is 19.1 Å². The quantitative estimate of drug-likeness (QED) is 0.797. The molecule has 150 valence electrons. The van der Waals surface area contributed by atoms with Crippen LogP contribution in [0.15, 0.2) is 51.3 Å². The van der Waals surface area contributed by atoms with Crippen LogP contribution in [0.1, 0.15) is 38.7 Å². The van der Waals surface area contributed by atoms with Crippen LogP contribution in [0.3, 0.4) is 0 Å². The molecule has 0 radical (unpaired) electrons. The molecule has 1 aromatic rings. The smallest absolute Gasteiger partial charge is 0.376 e. The molecule has 2 atom stereocenters. The maximum atomic E-state index is 13.2. The molecule has 3 rings (SSSR count). The number of nitriles is 1. The van der Waals surface area contributed by atoms with Crippen LogP contribution in [0.2, 0.25) is 0 Å². The van der Waals surface area contributed by atoms with Crippen molar-refractivity contribution in [2.75, 3.05) is 0 Å². The van der Waals surface area contributed by atoms with Crippen molar-refractivity contribution >= 4 is 9.84 Å². The van der Waals surface area contributed by atoms with Gasteiger partial charge in [0, 0.05) is 5.57 Å². The van der Waals surface area contributed by atoms with Crippen LogP contribution in [0.4, 0.5) is 13.2 Å². The fraction of sp³-hybridized carbons (Fsp3) is 0.450. The lowest BCUT2D eigenvalue weighted by Gasteiger charge is -2.27. The van der Waals surface area contributed by atoms with Crippen LogP contribution >= 0.6 is 0 Å². The predicted molar refractivity (Wildman–Crippen MR) is 96.5 cm³/mol. The van der Waals surface area contributed by atoms with Gasteiger partial charge in [0.2, 0.25) is 9.84 Å². The highest BCUT2D eigenvalue weighted by molar-refractivity contribution is 7.95. The molecule has 8 heteroatoms. The normalized spacial score (nSPS) is 23.0. The molecule has 1 saturated carbocycles. The van der Waals surface area contributed by atoms with Gasteiger partial charge in [0.1, 0.15) is 0 Å². The minimum Gasteiger partial charge on any atom is -0.376 e. The number of benzene rings is 1. The Bertz CT molecular complexity index is 993. The Labute approximate surface area is 161 Å². The first kappa shape index (κ1) is 20.6. The molecule has 2 aliphatic rings. The van der Waals surface area contributed by atoms with Crippen molar-refractivity contribution in [1.82, 2.24) is 0 Å². The van der Waals surface area contributed by atoms with Crippen LogP contribution in [0, 0.1) is 23.2 Å². The molecule has 4 nitrogen and oxygen atoms in total. The third-order valence-electron chi connectivity index (χ3n) is 5.32. The van der Waals surface area contributed by atoms with Crippen LogP contribution < -0.4 is 0 Å². The second-order valence-electron chi connectivity index (χ2n) is 7.58. The first-order valence-corrected chi connectivity index (χ1v) is 10.4. The first-order valence-electron chi connectivity index (χ1n) is 8.89. The third kappa shape index (κ3) is 3.49. The van der Waals surface area contributed by atoms with Crippen LogP contribution in [0.5, 0.6) is 0 Å². The molecule has 1 N–H and O–H groups in total. The van der Waals surface area contributed by atoms with Crippen LogP contribution in [-0.2, 0) is 15.4 Å². The summed E-state index contributed by atoms with van der Waals surface area (Å²) >= 11 is 0. The summed E-state index contributed by atoms with van der Waals surface area (Å²) in [6.45, 7) is 2.37. The molecule has 28 heavy (non-hydrogen) atoms. The highest BCUT2D eigenvalue weighted by atomic mass is 32.2. The second kappa shape index (κ2) is 6.75. The Morgan fingerprint density at radius 1 is 1.18 bits per heavy atom.